The summed E-state index contributed by atoms with van der Waals surface area (Å²) in [6.45, 7) is 5.65. The van der Waals surface area contributed by atoms with Gasteiger partial charge in [-0.15, -0.1) is 0 Å². The fourth-order valence-electron chi connectivity index (χ4n) is 2.91. The second-order valence-corrected chi connectivity index (χ2v) is 5.22. The van der Waals surface area contributed by atoms with Gasteiger partial charge in [0.15, 0.2) is 0 Å². The van der Waals surface area contributed by atoms with E-state index in [1.54, 1.807) is 0 Å². The molecule has 1 atom stereocenters. The molecule has 2 heterocycles. The molecule has 92 valence electrons. The van der Waals surface area contributed by atoms with Crippen molar-refractivity contribution < 1.29 is 9.90 Å². The summed E-state index contributed by atoms with van der Waals surface area (Å²) >= 11 is 0. The van der Waals surface area contributed by atoms with E-state index >= 15 is 0 Å². The van der Waals surface area contributed by atoms with Crippen molar-refractivity contribution in [2.75, 3.05) is 32.8 Å². The van der Waals surface area contributed by atoms with E-state index in [0.717, 1.165) is 45.4 Å². The van der Waals surface area contributed by atoms with Crippen LogP contribution in [0.1, 0.15) is 26.2 Å². The van der Waals surface area contributed by atoms with Crippen molar-refractivity contribution in [2.24, 2.45) is 11.3 Å². The summed E-state index contributed by atoms with van der Waals surface area (Å²) in [5.41, 5.74) is -0.144. The Balaban J connectivity index is 1.96. The van der Waals surface area contributed by atoms with Gasteiger partial charge in [0.1, 0.15) is 0 Å². The lowest BCUT2D eigenvalue weighted by Crippen LogP contribution is -2.56. The van der Waals surface area contributed by atoms with Gasteiger partial charge in [-0.1, -0.05) is 13.3 Å². The third-order valence-electron chi connectivity index (χ3n) is 3.93. The minimum absolute atomic E-state index is 0.144. The number of aliphatic hydroxyl groups is 1. The van der Waals surface area contributed by atoms with Crippen molar-refractivity contribution in [2.45, 2.75) is 26.2 Å². The van der Waals surface area contributed by atoms with Crippen LogP contribution in [-0.2, 0) is 4.79 Å². The van der Waals surface area contributed by atoms with Crippen LogP contribution in [0.3, 0.4) is 0 Å². The van der Waals surface area contributed by atoms with E-state index in [1.165, 1.54) is 0 Å². The van der Waals surface area contributed by atoms with Gasteiger partial charge in [0.2, 0.25) is 5.91 Å². The van der Waals surface area contributed by atoms with Crippen LogP contribution in [0, 0.1) is 11.3 Å². The zero-order valence-corrected chi connectivity index (χ0v) is 10.0. The van der Waals surface area contributed by atoms with E-state index < -0.39 is 0 Å². The van der Waals surface area contributed by atoms with Crippen LogP contribution < -0.4 is 5.32 Å². The van der Waals surface area contributed by atoms with Crippen LogP contribution in [-0.4, -0.2) is 48.7 Å². The topological polar surface area (TPSA) is 52.6 Å². The number of hydrogen-bond acceptors (Lipinski definition) is 3. The van der Waals surface area contributed by atoms with Gasteiger partial charge in [0, 0.05) is 32.2 Å². The summed E-state index contributed by atoms with van der Waals surface area (Å²) in [5.74, 6) is 0.626. The highest BCUT2D eigenvalue weighted by Crippen LogP contribution is 2.35. The molecule has 4 nitrogen and oxygen atoms in total. The van der Waals surface area contributed by atoms with E-state index in [4.69, 9.17) is 5.11 Å². The highest BCUT2D eigenvalue weighted by Gasteiger charge is 2.45. The third kappa shape index (κ3) is 1.96. The molecule has 0 saturated carbocycles. The number of likely N-dealkylation sites (tertiary alicyclic amines) is 1. The van der Waals surface area contributed by atoms with E-state index in [0.29, 0.717) is 11.8 Å². The van der Waals surface area contributed by atoms with Crippen LogP contribution in [0.5, 0.6) is 0 Å². The summed E-state index contributed by atoms with van der Waals surface area (Å²) in [6, 6.07) is 0. The van der Waals surface area contributed by atoms with Gasteiger partial charge in [0.25, 0.3) is 0 Å². The number of rotatable bonds is 4. The maximum atomic E-state index is 12.4. The molecule has 0 bridgehead atoms. The first-order chi connectivity index (χ1) is 7.72. The Morgan fingerprint density at radius 1 is 1.56 bits per heavy atom. The highest BCUT2D eigenvalue weighted by molar-refractivity contribution is 5.84. The molecule has 0 aliphatic carbocycles. The molecule has 0 aromatic carbocycles. The predicted molar refractivity (Wildman–Crippen MR) is 62.0 cm³/mol. The van der Waals surface area contributed by atoms with Crippen molar-refractivity contribution in [3.05, 3.63) is 0 Å². The average molecular weight is 226 g/mol. The molecule has 2 saturated heterocycles. The largest absolute Gasteiger partial charge is 0.396 e. The van der Waals surface area contributed by atoms with Gasteiger partial charge < -0.3 is 15.3 Å². The molecular formula is C12H22N2O2. The van der Waals surface area contributed by atoms with Crippen molar-refractivity contribution >= 4 is 5.91 Å². The average Bonchev–Trinajstić information content (AvgIpc) is 2.66. The van der Waals surface area contributed by atoms with Crippen LogP contribution in [0.15, 0.2) is 0 Å². The molecule has 2 N–H and O–H groups in total. The highest BCUT2D eigenvalue weighted by atomic mass is 16.3. The predicted octanol–water partition coefficient (Wildman–Crippen LogP) is 0.217. The molecule has 0 aromatic heterocycles. The van der Waals surface area contributed by atoms with E-state index in [-0.39, 0.29) is 12.0 Å². The van der Waals surface area contributed by atoms with Gasteiger partial charge in [-0.3, -0.25) is 4.79 Å². The summed E-state index contributed by atoms with van der Waals surface area (Å²) < 4.78 is 0. The number of carbonyl (C=O) groups is 1. The fourth-order valence-corrected chi connectivity index (χ4v) is 2.91. The maximum absolute atomic E-state index is 12.4. The molecule has 2 aliphatic heterocycles. The smallest absolute Gasteiger partial charge is 0.230 e. The number of carbonyl (C=O) groups excluding carboxylic acids is 1. The quantitative estimate of drug-likeness (QED) is 0.721. The Bertz CT molecular complexity index is 256. The van der Waals surface area contributed by atoms with Crippen LogP contribution in [0.4, 0.5) is 0 Å². The molecule has 0 radical (unpaired) electrons. The molecule has 1 amide bonds. The van der Waals surface area contributed by atoms with Gasteiger partial charge in [0.05, 0.1) is 5.41 Å². The molecule has 2 fully saturated rings. The van der Waals surface area contributed by atoms with Crippen molar-refractivity contribution in [1.29, 1.82) is 0 Å². The van der Waals surface area contributed by atoms with Gasteiger partial charge in [-0.2, -0.15) is 0 Å². The number of nitrogens with zero attached hydrogens (tertiary/aromatic N) is 1. The Hall–Kier alpha value is -0.610. The number of hydrogen-bond donors (Lipinski definition) is 2. The lowest BCUT2D eigenvalue weighted by Gasteiger charge is -2.43. The normalized spacial score (nSPS) is 30.5. The number of amides is 1. The number of nitrogens with one attached hydrogen (secondary N) is 1. The van der Waals surface area contributed by atoms with E-state index in [2.05, 4.69) is 12.2 Å². The monoisotopic (exact) mass is 226 g/mol. The SMILES string of the molecule is CCCC1(C(=O)N2CC(CO)C2)CCNC1. The summed E-state index contributed by atoms with van der Waals surface area (Å²) in [7, 11) is 0. The molecule has 0 aromatic rings. The van der Waals surface area contributed by atoms with Crippen LogP contribution in [0.25, 0.3) is 0 Å². The van der Waals surface area contributed by atoms with Gasteiger partial charge >= 0.3 is 0 Å². The Morgan fingerprint density at radius 2 is 2.31 bits per heavy atom. The van der Waals surface area contributed by atoms with Crippen LogP contribution in [0.2, 0.25) is 0 Å². The molecule has 1 unspecified atom stereocenters. The van der Waals surface area contributed by atoms with Crippen LogP contribution >= 0.6 is 0 Å². The van der Waals surface area contributed by atoms with Crippen molar-refractivity contribution in [3.63, 3.8) is 0 Å². The maximum Gasteiger partial charge on any atom is 0.230 e. The standard InChI is InChI=1S/C12H22N2O2/c1-2-3-12(4-5-13-9-12)11(16)14-6-10(7-14)8-15/h10,13,15H,2-9H2,1H3. The molecule has 2 aliphatic rings. The number of aliphatic hydroxyl groups excluding tert-OH is 1. The first-order valence-electron chi connectivity index (χ1n) is 6.33. The van der Waals surface area contributed by atoms with E-state index in [9.17, 15) is 4.79 Å². The second-order valence-electron chi connectivity index (χ2n) is 5.22. The third-order valence-corrected chi connectivity index (χ3v) is 3.93. The molecule has 16 heavy (non-hydrogen) atoms. The molecule has 4 heteroatoms. The van der Waals surface area contributed by atoms with E-state index in [1.807, 2.05) is 4.90 Å². The summed E-state index contributed by atoms with van der Waals surface area (Å²) in [4.78, 5) is 14.3. The van der Waals surface area contributed by atoms with Gasteiger partial charge in [-0.25, -0.2) is 0 Å². The molecule has 2 rings (SSSR count). The second kappa shape index (κ2) is 4.72. The first-order valence-corrected chi connectivity index (χ1v) is 6.33. The summed E-state index contributed by atoms with van der Waals surface area (Å²) in [6.07, 6.45) is 3.02. The van der Waals surface area contributed by atoms with Crippen molar-refractivity contribution in [1.82, 2.24) is 10.2 Å². The zero-order chi connectivity index (χ0) is 11.6. The lowest BCUT2D eigenvalue weighted by molar-refractivity contribution is -0.149. The Labute approximate surface area is 97.0 Å². The molecular weight excluding hydrogens is 204 g/mol. The minimum Gasteiger partial charge on any atom is -0.396 e. The molecule has 0 spiro atoms. The summed E-state index contributed by atoms with van der Waals surface area (Å²) in [5, 5.41) is 12.3. The van der Waals surface area contributed by atoms with Gasteiger partial charge in [-0.05, 0) is 19.4 Å². The van der Waals surface area contributed by atoms with Crippen molar-refractivity contribution in [3.8, 4) is 0 Å². The Morgan fingerprint density at radius 3 is 2.81 bits per heavy atom. The fraction of sp³-hybridized carbons (Fsp3) is 0.917. The first kappa shape index (κ1) is 11.9. The Kier molecular flexibility index (Phi) is 3.50. The lowest BCUT2D eigenvalue weighted by atomic mass is 9.79. The minimum atomic E-state index is -0.144. The zero-order valence-electron chi connectivity index (χ0n) is 10.0.